The zero-order chi connectivity index (χ0) is 22.2. The molecule has 0 saturated heterocycles. The molecule has 2 heterocycles. The van der Waals surface area contributed by atoms with Crippen LogP contribution in [0.3, 0.4) is 0 Å². The van der Waals surface area contributed by atoms with Gasteiger partial charge in [-0.1, -0.05) is 57.9 Å². The fourth-order valence-corrected chi connectivity index (χ4v) is 4.81. The smallest absolute Gasteiger partial charge is 0.231 e. The van der Waals surface area contributed by atoms with E-state index < -0.39 is 0 Å². The minimum Gasteiger partial charge on any atom is -0.477 e. The van der Waals surface area contributed by atoms with Gasteiger partial charge in [-0.05, 0) is 54.8 Å². The molecule has 32 heavy (non-hydrogen) atoms. The van der Waals surface area contributed by atoms with E-state index in [1.807, 2.05) is 61.5 Å². The zero-order valence-electron chi connectivity index (χ0n) is 17.5. The van der Waals surface area contributed by atoms with Crippen molar-refractivity contribution < 1.29 is 14.3 Å². The second-order valence-corrected chi connectivity index (χ2v) is 9.35. The molecule has 2 aliphatic rings. The average Bonchev–Trinajstić information content (AvgIpc) is 3.09. The average molecular weight is 511 g/mol. The van der Waals surface area contributed by atoms with E-state index in [2.05, 4.69) is 20.8 Å². The van der Waals surface area contributed by atoms with E-state index in [0.717, 1.165) is 50.5 Å². The molecule has 0 saturated carbocycles. The van der Waals surface area contributed by atoms with Crippen molar-refractivity contribution in [2.24, 2.45) is 0 Å². The molecule has 2 aliphatic heterocycles. The lowest BCUT2D eigenvalue weighted by Crippen LogP contribution is -2.34. The molecular formula is C26H21BrClNO3. The monoisotopic (exact) mass is 509 g/mol. The van der Waals surface area contributed by atoms with Gasteiger partial charge in [0.15, 0.2) is 5.76 Å². The predicted molar refractivity (Wildman–Crippen MR) is 129 cm³/mol. The van der Waals surface area contributed by atoms with E-state index in [9.17, 15) is 4.79 Å². The van der Waals surface area contributed by atoms with Crippen LogP contribution < -0.4 is 9.47 Å². The number of halogens is 2. The number of allylic oxidation sites excluding steroid dienone is 1. The second-order valence-electron chi connectivity index (χ2n) is 8.03. The summed E-state index contributed by atoms with van der Waals surface area (Å²) >= 11 is 9.76. The number of Topliss-reactive ketones (excluding diaryl/α,β-unsaturated/α-hetero) is 1. The number of hydrogen-bond donors (Lipinski definition) is 0. The largest absolute Gasteiger partial charge is 0.477 e. The van der Waals surface area contributed by atoms with Gasteiger partial charge in [0, 0.05) is 33.7 Å². The van der Waals surface area contributed by atoms with Crippen molar-refractivity contribution in [2.75, 3.05) is 13.3 Å². The number of ketones is 1. The zero-order valence-corrected chi connectivity index (χ0v) is 19.9. The molecule has 0 fully saturated rings. The first kappa shape index (κ1) is 21.3. The summed E-state index contributed by atoms with van der Waals surface area (Å²) in [5, 5.41) is 0.784. The van der Waals surface area contributed by atoms with E-state index in [4.69, 9.17) is 21.1 Å². The van der Waals surface area contributed by atoms with E-state index in [-0.39, 0.29) is 5.78 Å². The highest BCUT2D eigenvalue weighted by molar-refractivity contribution is 9.10. The highest BCUT2D eigenvalue weighted by Gasteiger charge is 2.33. The summed E-state index contributed by atoms with van der Waals surface area (Å²) in [5.41, 5.74) is 4.50. The van der Waals surface area contributed by atoms with Gasteiger partial charge in [-0.15, -0.1) is 0 Å². The SMILES string of the molecule is Cc1c2c(cc3c1O/C(=C\c1cccc(Br)c1)C3=O)CN(CCc1ccccc1Cl)CO2. The van der Waals surface area contributed by atoms with E-state index >= 15 is 0 Å². The lowest BCUT2D eigenvalue weighted by Gasteiger charge is -2.30. The molecule has 0 N–H and O–H groups in total. The summed E-state index contributed by atoms with van der Waals surface area (Å²) < 4.78 is 13.0. The fraction of sp³-hybridized carbons (Fsp3) is 0.192. The van der Waals surface area contributed by atoms with Crippen LogP contribution in [0.1, 0.15) is 32.6 Å². The van der Waals surface area contributed by atoms with Crippen LogP contribution in [0.25, 0.3) is 6.08 Å². The third-order valence-electron chi connectivity index (χ3n) is 5.80. The van der Waals surface area contributed by atoms with Crippen LogP contribution in [-0.4, -0.2) is 24.0 Å². The van der Waals surface area contributed by atoms with Crippen molar-refractivity contribution in [1.82, 2.24) is 4.90 Å². The molecule has 0 aromatic heterocycles. The summed E-state index contributed by atoms with van der Waals surface area (Å²) in [6.07, 6.45) is 2.62. The summed E-state index contributed by atoms with van der Waals surface area (Å²) in [4.78, 5) is 15.3. The molecule has 0 radical (unpaired) electrons. The number of carbonyl (C=O) groups excluding carboxylic acids is 1. The maximum absolute atomic E-state index is 13.1. The topological polar surface area (TPSA) is 38.8 Å². The number of hydrogen-bond acceptors (Lipinski definition) is 4. The van der Waals surface area contributed by atoms with Gasteiger partial charge in [0.2, 0.25) is 5.78 Å². The Morgan fingerprint density at radius 2 is 1.97 bits per heavy atom. The van der Waals surface area contributed by atoms with Crippen LogP contribution in [0.5, 0.6) is 11.5 Å². The van der Waals surface area contributed by atoms with E-state index in [0.29, 0.717) is 30.3 Å². The van der Waals surface area contributed by atoms with Gasteiger partial charge in [-0.25, -0.2) is 0 Å². The first-order valence-corrected chi connectivity index (χ1v) is 11.6. The van der Waals surface area contributed by atoms with Crippen LogP contribution in [0, 0.1) is 6.92 Å². The van der Waals surface area contributed by atoms with Gasteiger partial charge >= 0.3 is 0 Å². The molecule has 0 spiro atoms. The number of ether oxygens (including phenoxy) is 2. The van der Waals surface area contributed by atoms with Crippen molar-refractivity contribution in [3.8, 4) is 11.5 Å². The molecule has 162 valence electrons. The summed E-state index contributed by atoms with van der Waals surface area (Å²) in [6.45, 7) is 3.97. The molecule has 3 aromatic carbocycles. The molecule has 0 atom stereocenters. The lowest BCUT2D eigenvalue weighted by molar-refractivity contribution is 0.0954. The lowest BCUT2D eigenvalue weighted by atomic mass is 10.00. The molecule has 0 bridgehead atoms. The van der Waals surface area contributed by atoms with Crippen molar-refractivity contribution in [3.63, 3.8) is 0 Å². The van der Waals surface area contributed by atoms with Crippen LogP contribution in [0.15, 0.2) is 64.8 Å². The molecule has 3 aromatic rings. The number of rotatable bonds is 4. The van der Waals surface area contributed by atoms with Crippen LogP contribution in [0.2, 0.25) is 5.02 Å². The van der Waals surface area contributed by atoms with Crippen molar-refractivity contribution >= 4 is 39.4 Å². The molecule has 0 amide bonds. The minimum absolute atomic E-state index is 0.0981. The maximum atomic E-state index is 13.1. The third kappa shape index (κ3) is 4.08. The number of fused-ring (bicyclic) bond motifs is 2. The van der Waals surface area contributed by atoms with Gasteiger partial charge in [0.25, 0.3) is 0 Å². The van der Waals surface area contributed by atoms with Crippen LogP contribution >= 0.6 is 27.5 Å². The first-order chi connectivity index (χ1) is 15.5. The Balaban J connectivity index is 1.37. The Morgan fingerprint density at radius 1 is 1.12 bits per heavy atom. The third-order valence-corrected chi connectivity index (χ3v) is 6.67. The molecule has 0 aliphatic carbocycles. The van der Waals surface area contributed by atoms with Crippen LogP contribution in [-0.2, 0) is 13.0 Å². The van der Waals surface area contributed by atoms with Gasteiger partial charge in [-0.3, -0.25) is 9.69 Å². The quantitative estimate of drug-likeness (QED) is 0.380. The highest BCUT2D eigenvalue weighted by atomic mass is 79.9. The Bertz CT molecular complexity index is 1250. The Morgan fingerprint density at radius 3 is 2.78 bits per heavy atom. The normalized spacial score (nSPS) is 16.5. The number of benzene rings is 3. The van der Waals surface area contributed by atoms with E-state index in [1.54, 1.807) is 6.08 Å². The first-order valence-electron chi connectivity index (χ1n) is 10.4. The van der Waals surface area contributed by atoms with Gasteiger partial charge in [-0.2, -0.15) is 0 Å². The summed E-state index contributed by atoms with van der Waals surface area (Å²) in [5.74, 6) is 1.65. The standard InChI is InChI=1S/C26H21BrClNO3/c1-16-25-19(14-29(15-31-25)10-9-18-6-2-3-8-22(18)28)13-21-24(30)23(32-26(16)21)12-17-5-4-7-20(27)11-17/h2-8,11-13H,9-10,14-15H2,1H3/b23-12-. The maximum Gasteiger partial charge on any atom is 0.231 e. The molecule has 6 heteroatoms. The Hall–Kier alpha value is -2.60. The van der Waals surface area contributed by atoms with E-state index in [1.165, 1.54) is 0 Å². The summed E-state index contributed by atoms with van der Waals surface area (Å²) in [7, 11) is 0. The molecular weight excluding hydrogens is 490 g/mol. The fourth-order valence-electron chi connectivity index (χ4n) is 4.17. The van der Waals surface area contributed by atoms with Gasteiger partial charge < -0.3 is 9.47 Å². The van der Waals surface area contributed by atoms with Crippen LogP contribution in [0.4, 0.5) is 0 Å². The second kappa shape index (κ2) is 8.74. The Kier molecular flexibility index (Phi) is 5.80. The molecule has 4 nitrogen and oxygen atoms in total. The van der Waals surface area contributed by atoms with Gasteiger partial charge in [0.05, 0.1) is 5.56 Å². The Labute approximate surface area is 200 Å². The van der Waals surface area contributed by atoms with Crippen molar-refractivity contribution in [2.45, 2.75) is 19.9 Å². The van der Waals surface area contributed by atoms with Crippen molar-refractivity contribution in [1.29, 1.82) is 0 Å². The number of nitrogens with zero attached hydrogens (tertiary/aromatic N) is 1. The highest BCUT2D eigenvalue weighted by Crippen LogP contribution is 2.43. The minimum atomic E-state index is -0.0981. The summed E-state index contributed by atoms with van der Waals surface area (Å²) in [6, 6.07) is 17.6. The number of carbonyl (C=O) groups is 1. The van der Waals surface area contributed by atoms with Crippen molar-refractivity contribution in [3.05, 3.63) is 97.7 Å². The molecule has 5 rings (SSSR count). The van der Waals surface area contributed by atoms with Gasteiger partial charge in [0.1, 0.15) is 18.2 Å². The predicted octanol–water partition coefficient (Wildman–Crippen LogP) is 6.42. The molecule has 0 unspecified atom stereocenters.